The van der Waals surface area contributed by atoms with Crippen molar-refractivity contribution in [2.45, 2.75) is 19.4 Å². The van der Waals surface area contributed by atoms with E-state index in [1.165, 1.54) is 25.9 Å². The van der Waals surface area contributed by atoms with Gasteiger partial charge in [-0.15, -0.1) is 0 Å². The fourth-order valence-electron chi connectivity index (χ4n) is 2.04. The van der Waals surface area contributed by atoms with Crippen LogP contribution >= 0.6 is 0 Å². The summed E-state index contributed by atoms with van der Waals surface area (Å²) in [6.07, 6.45) is 6.00. The van der Waals surface area contributed by atoms with Crippen LogP contribution in [-0.4, -0.2) is 53.2 Å². The molecule has 0 unspecified atom stereocenters. The highest BCUT2D eigenvalue weighted by Crippen LogP contribution is 2.09. The van der Waals surface area contributed by atoms with Crippen LogP contribution in [0.25, 0.3) is 0 Å². The minimum absolute atomic E-state index is 0.0508. The number of hydrogen-bond donors (Lipinski definition) is 1. The van der Waals surface area contributed by atoms with E-state index in [1.807, 2.05) is 7.05 Å². The third-order valence-electron chi connectivity index (χ3n) is 3.20. The van der Waals surface area contributed by atoms with E-state index < -0.39 is 0 Å². The van der Waals surface area contributed by atoms with Gasteiger partial charge in [0.1, 0.15) is 5.82 Å². The molecule has 0 bridgehead atoms. The van der Waals surface area contributed by atoms with E-state index in [0.29, 0.717) is 5.69 Å². The summed E-state index contributed by atoms with van der Waals surface area (Å²) < 4.78 is 0. The molecule has 2 heterocycles. The summed E-state index contributed by atoms with van der Waals surface area (Å²) in [6, 6.07) is 0. The average molecular weight is 236 g/mol. The van der Waals surface area contributed by atoms with Gasteiger partial charge in [0.05, 0.1) is 24.7 Å². The SMILES string of the molecule is CN(CCN1CCCC1)c1cnc(CO)cn1. The minimum Gasteiger partial charge on any atom is -0.390 e. The largest absolute Gasteiger partial charge is 0.390 e. The van der Waals surface area contributed by atoms with Crippen LogP contribution in [0.15, 0.2) is 12.4 Å². The molecule has 1 N–H and O–H groups in total. The highest BCUT2D eigenvalue weighted by atomic mass is 16.3. The molecule has 1 aliphatic heterocycles. The summed E-state index contributed by atoms with van der Waals surface area (Å²) in [5, 5.41) is 8.89. The molecule has 5 nitrogen and oxygen atoms in total. The molecule has 0 aliphatic carbocycles. The first kappa shape index (κ1) is 12.3. The molecule has 1 aromatic heterocycles. The maximum absolute atomic E-state index is 8.89. The first-order chi connectivity index (χ1) is 8.29. The van der Waals surface area contributed by atoms with Gasteiger partial charge in [0.25, 0.3) is 0 Å². The predicted molar refractivity (Wildman–Crippen MR) is 66.9 cm³/mol. The number of nitrogens with zero attached hydrogens (tertiary/aromatic N) is 4. The molecule has 1 fully saturated rings. The zero-order valence-corrected chi connectivity index (χ0v) is 10.3. The van der Waals surface area contributed by atoms with Crippen LogP contribution in [0, 0.1) is 0 Å². The fourth-order valence-corrected chi connectivity index (χ4v) is 2.04. The van der Waals surface area contributed by atoms with Gasteiger partial charge in [0.2, 0.25) is 0 Å². The van der Waals surface area contributed by atoms with E-state index in [2.05, 4.69) is 19.8 Å². The Morgan fingerprint density at radius 1 is 1.29 bits per heavy atom. The van der Waals surface area contributed by atoms with Gasteiger partial charge in [-0.05, 0) is 25.9 Å². The molecule has 0 spiro atoms. The van der Waals surface area contributed by atoms with Crippen molar-refractivity contribution in [1.29, 1.82) is 0 Å². The molecule has 1 aromatic rings. The van der Waals surface area contributed by atoms with Gasteiger partial charge in [0.15, 0.2) is 0 Å². The second-order valence-electron chi connectivity index (χ2n) is 4.49. The van der Waals surface area contributed by atoms with Crippen molar-refractivity contribution < 1.29 is 5.11 Å². The van der Waals surface area contributed by atoms with Gasteiger partial charge in [-0.25, -0.2) is 4.98 Å². The Kier molecular flexibility index (Phi) is 4.28. The molecule has 0 saturated carbocycles. The quantitative estimate of drug-likeness (QED) is 0.807. The van der Waals surface area contributed by atoms with Crippen LogP contribution in [0.1, 0.15) is 18.5 Å². The molecule has 2 rings (SSSR count). The Bertz CT molecular complexity index is 335. The molecule has 0 aromatic carbocycles. The van der Waals surface area contributed by atoms with Gasteiger partial charge in [0, 0.05) is 20.1 Å². The topological polar surface area (TPSA) is 52.5 Å². The van der Waals surface area contributed by atoms with Crippen molar-refractivity contribution in [3.05, 3.63) is 18.1 Å². The van der Waals surface area contributed by atoms with Crippen molar-refractivity contribution in [3.8, 4) is 0 Å². The Balaban J connectivity index is 1.83. The molecule has 17 heavy (non-hydrogen) atoms. The lowest BCUT2D eigenvalue weighted by Crippen LogP contribution is -2.31. The number of aliphatic hydroxyl groups is 1. The van der Waals surface area contributed by atoms with E-state index in [-0.39, 0.29) is 6.61 Å². The summed E-state index contributed by atoms with van der Waals surface area (Å²) in [7, 11) is 2.03. The van der Waals surface area contributed by atoms with Crippen molar-refractivity contribution >= 4 is 5.82 Å². The summed E-state index contributed by atoms with van der Waals surface area (Å²) in [4.78, 5) is 13.0. The number of aliphatic hydroxyl groups excluding tert-OH is 1. The molecule has 0 radical (unpaired) electrons. The molecular weight excluding hydrogens is 216 g/mol. The molecule has 5 heteroatoms. The van der Waals surface area contributed by atoms with Crippen LogP contribution in [0.5, 0.6) is 0 Å². The highest BCUT2D eigenvalue weighted by molar-refractivity contribution is 5.34. The smallest absolute Gasteiger partial charge is 0.146 e. The molecule has 94 valence electrons. The average Bonchev–Trinajstić information content (AvgIpc) is 2.89. The van der Waals surface area contributed by atoms with Crippen molar-refractivity contribution in [3.63, 3.8) is 0 Å². The first-order valence-corrected chi connectivity index (χ1v) is 6.15. The Labute approximate surface area is 102 Å². The van der Waals surface area contributed by atoms with Crippen LogP contribution in [-0.2, 0) is 6.61 Å². The number of aromatic nitrogens is 2. The van der Waals surface area contributed by atoms with Gasteiger partial charge >= 0.3 is 0 Å². The number of rotatable bonds is 5. The van der Waals surface area contributed by atoms with Crippen LogP contribution in [0.4, 0.5) is 5.82 Å². The van der Waals surface area contributed by atoms with E-state index in [4.69, 9.17) is 5.11 Å². The highest BCUT2D eigenvalue weighted by Gasteiger charge is 2.12. The van der Waals surface area contributed by atoms with Crippen molar-refractivity contribution in [1.82, 2.24) is 14.9 Å². The summed E-state index contributed by atoms with van der Waals surface area (Å²) in [6.45, 7) is 4.45. The third-order valence-corrected chi connectivity index (χ3v) is 3.20. The maximum atomic E-state index is 8.89. The van der Waals surface area contributed by atoms with Crippen LogP contribution in [0.2, 0.25) is 0 Å². The van der Waals surface area contributed by atoms with Gasteiger partial charge in [-0.3, -0.25) is 4.98 Å². The predicted octanol–water partition coefficient (Wildman–Crippen LogP) is 0.501. The van der Waals surface area contributed by atoms with E-state index in [1.54, 1.807) is 12.4 Å². The van der Waals surface area contributed by atoms with E-state index >= 15 is 0 Å². The molecule has 1 saturated heterocycles. The number of likely N-dealkylation sites (tertiary alicyclic amines) is 1. The summed E-state index contributed by atoms with van der Waals surface area (Å²) in [5.74, 6) is 0.862. The van der Waals surface area contributed by atoms with Gasteiger partial charge in [-0.1, -0.05) is 0 Å². The molecule has 1 aliphatic rings. The second kappa shape index (κ2) is 5.93. The zero-order chi connectivity index (χ0) is 12.1. The normalized spacial score (nSPS) is 16.4. The Morgan fingerprint density at radius 2 is 2.06 bits per heavy atom. The maximum Gasteiger partial charge on any atom is 0.146 e. The molecule has 0 amide bonds. The Hall–Kier alpha value is -1.20. The number of anilines is 1. The number of likely N-dealkylation sites (N-methyl/N-ethyl adjacent to an activating group) is 1. The van der Waals surface area contributed by atoms with Crippen LogP contribution < -0.4 is 4.90 Å². The van der Waals surface area contributed by atoms with Gasteiger partial charge < -0.3 is 14.9 Å². The van der Waals surface area contributed by atoms with Crippen LogP contribution in [0.3, 0.4) is 0 Å². The lowest BCUT2D eigenvalue weighted by atomic mass is 10.4. The summed E-state index contributed by atoms with van der Waals surface area (Å²) in [5.41, 5.74) is 0.613. The monoisotopic (exact) mass is 236 g/mol. The van der Waals surface area contributed by atoms with E-state index in [9.17, 15) is 0 Å². The molecule has 0 atom stereocenters. The third kappa shape index (κ3) is 3.38. The van der Waals surface area contributed by atoms with Gasteiger partial charge in [-0.2, -0.15) is 0 Å². The lowest BCUT2D eigenvalue weighted by Gasteiger charge is -2.21. The fraction of sp³-hybridized carbons (Fsp3) is 0.667. The number of hydrogen-bond acceptors (Lipinski definition) is 5. The second-order valence-corrected chi connectivity index (χ2v) is 4.49. The summed E-state index contributed by atoms with van der Waals surface area (Å²) >= 11 is 0. The first-order valence-electron chi connectivity index (χ1n) is 6.15. The lowest BCUT2D eigenvalue weighted by molar-refractivity contribution is 0.276. The Morgan fingerprint density at radius 3 is 2.65 bits per heavy atom. The van der Waals surface area contributed by atoms with Crippen molar-refractivity contribution in [2.75, 3.05) is 38.1 Å². The van der Waals surface area contributed by atoms with Crippen molar-refractivity contribution in [2.24, 2.45) is 0 Å². The standard InChI is InChI=1S/C12H20N4O/c1-15(6-7-16-4-2-3-5-16)12-9-13-11(10-17)8-14-12/h8-9,17H,2-7,10H2,1H3. The minimum atomic E-state index is -0.0508. The van der Waals surface area contributed by atoms with E-state index in [0.717, 1.165) is 18.9 Å². The molecular formula is C12H20N4O. The zero-order valence-electron chi connectivity index (χ0n) is 10.3.